The van der Waals surface area contributed by atoms with E-state index in [2.05, 4.69) is 4.83 Å². The number of nitrogens with zero attached hydrogens (tertiary/aromatic N) is 1. The van der Waals surface area contributed by atoms with E-state index in [1.807, 2.05) is 0 Å². The fraction of sp³-hybridized carbons (Fsp3) is 0.357. The maximum absolute atomic E-state index is 12.3. The van der Waals surface area contributed by atoms with Crippen LogP contribution in [0, 0.1) is 0 Å². The lowest BCUT2D eigenvalue weighted by molar-refractivity contribution is -0.131. The maximum atomic E-state index is 12.3. The van der Waals surface area contributed by atoms with Gasteiger partial charge in [-0.15, -0.1) is 4.83 Å². The predicted molar refractivity (Wildman–Crippen MR) is 78.9 cm³/mol. The molecule has 1 aliphatic rings. The summed E-state index contributed by atoms with van der Waals surface area (Å²) in [4.78, 5) is 13.2. The molecule has 0 aromatic heterocycles. The van der Waals surface area contributed by atoms with E-state index in [1.54, 1.807) is 17.1 Å². The van der Waals surface area contributed by atoms with Gasteiger partial charge in [0.25, 0.3) is 10.0 Å². The fourth-order valence-electron chi connectivity index (χ4n) is 2.16. The number of nitrogens with one attached hydrogen (secondary N) is 1. The SMILES string of the molecule is O=C(O)/C=C/c1cccc(S(=O)(=O)NN2CCCCC2)c1. The number of piperidine rings is 1. The first-order chi connectivity index (χ1) is 9.97. The van der Waals surface area contributed by atoms with Crippen molar-refractivity contribution in [2.45, 2.75) is 24.2 Å². The van der Waals surface area contributed by atoms with Crippen LogP contribution in [0.1, 0.15) is 24.8 Å². The van der Waals surface area contributed by atoms with Crippen molar-refractivity contribution in [3.63, 3.8) is 0 Å². The number of carbonyl (C=O) groups is 1. The Bertz CT molecular complexity index is 634. The molecule has 1 heterocycles. The Balaban J connectivity index is 2.15. The molecule has 7 heteroatoms. The zero-order valence-corrected chi connectivity index (χ0v) is 12.3. The van der Waals surface area contributed by atoms with Gasteiger partial charge in [0.2, 0.25) is 0 Å². The van der Waals surface area contributed by atoms with Crippen LogP contribution in [0.3, 0.4) is 0 Å². The van der Waals surface area contributed by atoms with Gasteiger partial charge in [0.05, 0.1) is 4.90 Å². The molecule has 1 fully saturated rings. The second-order valence-corrected chi connectivity index (χ2v) is 6.55. The molecule has 0 unspecified atom stereocenters. The van der Waals surface area contributed by atoms with Gasteiger partial charge in [0, 0.05) is 19.2 Å². The monoisotopic (exact) mass is 310 g/mol. The third kappa shape index (κ3) is 4.66. The summed E-state index contributed by atoms with van der Waals surface area (Å²) < 4.78 is 24.6. The summed E-state index contributed by atoms with van der Waals surface area (Å²) in [5, 5.41) is 10.3. The number of carboxylic acids is 1. The Kier molecular flexibility index (Phi) is 5.11. The first-order valence-electron chi connectivity index (χ1n) is 6.76. The molecule has 0 spiro atoms. The number of aliphatic carboxylic acids is 1. The third-order valence-corrected chi connectivity index (χ3v) is 4.57. The number of rotatable bonds is 5. The molecular formula is C14H18N2O4S. The van der Waals surface area contributed by atoms with Crippen molar-refractivity contribution < 1.29 is 18.3 Å². The Hall–Kier alpha value is -1.70. The van der Waals surface area contributed by atoms with Crippen molar-refractivity contribution in [1.29, 1.82) is 0 Å². The largest absolute Gasteiger partial charge is 0.478 e. The lowest BCUT2D eigenvalue weighted by Gasteiger charge is -2.26. The van der Waals surface area contributed by atoms with Gasteiger partial charge >= 0.3 is 5.97 Å². The van der Waals surface area contributed by atoms with E-state index in [0.29, 0.717) is 18.7 Å². The van der Waals surface area contributed by atoms with Crippen LogP contribution in [0.2, 0.25) is 0 Å². The van der Waals surface area contributed by atoms with Gasteiger partial charge in [0.15, 0.2) is 0 Å². The summed E-state index contributed by atoms with van der Waals surface area (Å²) in [5.74, 6) is -1.07. The highest BCUT2D eigenvalue weighted by Crippen LogP contribution is 2.14. The molecule has 1 aromatic rings. The second kappa shape index (κ2) is 6.84. The average Bonchev–Trinajstić information content (AvgIpc) is 2.46. The summed E-state index contributed by atoms with van der Waals surface area (Å²) in [5.41, 5.74) is 0.527. The van der Waals surface area contributed by atoms with Crippen molar-refractivity contribution in [3.8, 4) is 0 Å². The molecule has 1 aliphatic heterocycles. The molecule has 1 saturated heterocycles. The quantitative estimate of drug-likeness (QED) is 0.804. The van der Waals surface area contributed by atoms with Crippen LogP contribution in [-0.2, 0) is 14.8 Å². The molecular weight excluding hydrogens is 292 g/mol. The standard InChI is InChI=1S/C14H18N2O4S/c17-14(18)8-7-12-5-4-6-13(11-12)21(19,20)15-16-9-2-1-3-10-16/h4-8,11,15H,1-3,9-10H2,(H,17,18)/b8-7+. The smallest absolute Gasteiger partial charge is 0.328 e. The van der Waals surface area contributed by atoms with Crippen molar-refractivity contribution in [3.05, 3.63) is 35.9 Å². The highest BCUT2D eigenvalue weighted by Gasteiger charge is 2.19. The summed E-state index contributed by atoms with van der Waals surface area (Å²) in [7, 11) is -3.63. The third-order valence-electron chi connectivity index (χ3n) is 3.19. The van der Waals surface area contributed by atoms with Crippen LogP contribution in [0.15, 0.2) is 35.2 Å². The van der Waals surface area contributed by atoms with E-state index in [9.17, 15) is 13.2 Å². The number of sulfonamides is 1. The van der Waals surface area contributed by atoms with E-state index in [-0.39, 0.29) is 4.90 Å². The van der Waals surface area contributed by atoms with Crippen LogP contribution in [-0.4, -0.2) is 37.6 Å². The molecule has 2 rings (SSSR count). The van der Waals surface area contributed by atoms with Gasteiger partial charge in [-0.05, 0) is 36.6 Å². The van der Waals surface area contributed by atoms with Crippen molar-refractivity contribution >= 4 is 22.1 Å². The lowest BCUT2D eigenvalue weighted by atomic mass is 10.2. The average molecular weight is 310 g/mol. The Morgan fingerprint density at radius 3 is 2.62 bits per heavy atom. The topological polar surface area (TPSA) is 86.7 Å². The van der Waals surface area contributed by atoms with Crippen molar-refractivity contribution in [2.75, 3.05) is 13.1 Å². The zero-order valence-electron chi connectivity index (χ0n) is 11.5. The molecule has 2 N–H and O–H groups in total. The molecule has 6 nitrogen and oxygen atoms in total. The summed E-state index contributed by atoms with van der Waals surface area (Å²) >= 11 is 0. The zero-order chi connectivity index (χ0) is 15.3. The normalized spacial score (nSPS) is 17.1. The van der Waals surface area contributed by atoms with Gasteiger partial charge in [-0.1, -0.05) is 18.6 Å². The fourth-order valence-corrected chi connectivity index (χ4v) is 3.34. The first-order valence-corrected chi connectivity index (χ1v) is 8.24. The summed E-state index contributed by atoms with van der Waals surface area (Å²) in [6.45, 7) is 1.41. The van der Waals surface area contributed by atoms with Gasteiger partial charge in [-0.2, -0.15) is 0 Å². The lowest BCUT2D eigenvalue weighted by Crippen LogP contribution is -2.44. The molecule has 21 heavy (non-hydrogen) atoms. The highest BCUT2D eigenvalue weighted by atomic mass is 32.2. The van der Waals surface area contributed by atoms with Crippen LogP contribution in [0.25, 0.3) is 6.08 Å². The molecule has 0 atom stereocenters. The minimum Gasteiger partial charge on any atom is -0.478 e. The van der Waals surface area contributed by atoms with E-state index >= 15 is 0 Å². The van der Waals surface area contributed by atoms with Crippen LogP contribution in [0.4, 0.5) is 0 Å². The van der Waals surface area contributed by atoms with E-state index < -0.39 is 16.0 Å². The molecule has 114 valence electrons. The summed E-state index contributed by atoms with van der Waals surface area (Å²) in [6.07, 6.45) is 5.41. The minimum atomic E-state index is -3.63. The molecule has 1 aromatic carbocycles. The summed E-state index contributed by atoms with van der Waals surface area (Å²) in [6, 6.07) is 6.18. The Morgan fingerprint density at radius 2 is 1.95 bits per heavy atom. The number of hydrogen-bond acceptors (Lipinski definition) is 4. The number of hydrogen-bond donors (Lipinski definition) is 2. The number of carboxylic acid groups (broad SMARTS) is 1. The van der Waals surface area contributed by atoms with Crippen LogP contribution >= 0.6 is 0 Å². The molecule has 0 radical (unpaired) electrons. The molecule has 0 amide bonds. The highest BCUT2D eigenvalue weighted by molar-refractivity contribution is 7.89. The number of hydrazine groups is 1. The van der Waals surface area contributed by atoms with Gasteiger partial charge in [-0.25, -0.2) is 18.2 Å². The van der Waals surface area contributed by atoms with E-state index in [1.165, 1.54) is 18.2 Å². The van der Waals surface area contributed by atoms with Gasteiger partial charge in [0.1, 0.15) is 0 Å². The van der Waals surface area contributed by atoms with Gasteiger partial charge in [-0.3, -0.25) is 0 Å². The van der Waals surface area contributed by atoms with Crippen molar-refractivity contribution in [2.24, 2.45) is 0 Å². The maximum Gasteiger partial charge on any atom is 0.328 e. The number of benzene rings is 1. The predicted octanol–water partition coefficient (Wildman–Crippen LogP) is 1.46. The first kappa shape index (κ1) is 15.7. The van der Waals surface area contributed by atoms with E-state index in [0.717, 1.165) is 25.3 Å². The van der Waals surface area contributed by atoms with Crippen LogP contribution < -0.4 is 4.83 Å². The molecule has 0 bridgehead atoms. The Labute approximate surface area is 124 Å². The Morgan fingerprint density at radius 1 is 1.24 bits per heavy atom. The second-order valence-electron chi connectivity index (χ2n) is 4.89. The van der Waals surface area contributed by atoms with Crippen LogP contribution in [0.5, 0.6) is 0 Å². The van der Waals surface area contributed by atoms with Crippen molar-refractivity contribution in [1.82, 2.24) is 9.84 Å². The van der Waals surface area contributed by atoms with Gasteiger partial charge < -0.3 is 5.11 Å². The minimum absolute atomic E-state index is 0.126. The van der Waals surface area contributed by atoms with E-state index in [4.69, 9.17) is 5.11 Å². The molecule has 0 aliphatic carbocycles. The molecule has 0 saturated carbocycles.